The van der Waals surface area contributed by atoms with Crippen molar-refractivity contribution in [1.29, 1.82) is 0 Å². The smallest absolute Gasteiger partial charge is 0.314 e. The number of ether oxygens (including phenoxy) is 1. The van der Waals surface area contributed by atoms with E-state index >= 15 is 0 Å². The van der Waals surface area contributed by atoms with Gasteiger partial charge >= 0.3 is 11.9 Å². The standard InChI is InChI=1S/C8H8Cl2O4/c1-14-5(13)7-2-6(3-7,4(11)12)8(7,9)10/h2-3H2,1H3,(H,11,12). The van der Waals surface area contributed by atoms with Crippen LogP contribution in [0.1, 0.15) is 12.8 Å². The van der Waals surface area contributed by atoms with Crippen LogP contribution >= 0.6 is 23.2 Å². The average Bonchev–Trinajstić information content (AvgIpc) is 2.00. The van der Waals surface area contributed by atoms with Crippen LogP contribution in [0.2, 0.25) is 0 Å². The summed E-state index contributed by atoms with van der Waals surface area (Å²) in [5.41, 5.74) is -2.15. The highest BCUT2D eigenvalue weighted by Gasteiger charge is 2.91. The Morgan fingerprint density at radius 3 is 2.07 bits per heavy atom. The molecule has 0 radical (unpaired) electrons. The quantitative estimate of drug-likeness (QED) is 0.580. The van der Waals surface area contributed by atoms with E-state index in [0.717, 1.165) is 0 Å². The third-order valence-electron chi connectivity index (χ3n) is 3.39. The SMILES string of the molecule is COC(=O)C12CC(C(=O)O)(C1)C2(Cl)Cl. The van der Waals surface area contributed by atoms with Gasteiger partial charge in [0.15, 0.2) is 4.33 Å². The molecule has 3 rings (SSSR count). The van der Waals surface area contributed by atoms with E-state index in [1.807, 2.05) is 0 Å². The van der Waals surface area contributed by atoms with E-state index in [9.17, 15) is 9.59 Å². The summed E-state index contributed by atoms with van der Waals surface area (Å²) in [6.45, 7) is 0. The Balaban J connectivity index is 2.29. The predicted octanol–water partition coefficient (Wildman–Crippen LogP) is 1.20. The maximum absolute atomic E-state index is 11.4. The van der Waals surface area contributed by atoms with E-state index < -0.39 is 27.1 Å². The van der Waals surface area contributed by atoms with Gasteiger partial charge in [-0.3, -0.25) is 9.59 Å². The molecule has 0 amide bonds. The van der Waals surface area contributed by atoms with Crippen LogP contribution in [0, 0.1) is 10.8 Å². The Bertz CT molecular complexity index is 330. The van der Waals surface area contributed by atoms with Gasteiger partial charge in [-0.15, -0.1) is 0 Å². The van der Waals surface area contributed by atoms with Crippen LogP contribution in [0.25, 0.3) is 0 Å². The topological polar surface area (TPSA) is 63.6 Å². The summed E-state index contributed by atoms with van der Waals surface area (Å²) in [5.74, 6) is -1.57. The van der Waals surface area contributed by atoms with Gasteiger partial charge < -0.3 is 9.84 Å². The van der Waals surface area contributed by atoms with Crippen molar-refractivity contribution in [1.82, 2.24) is 0 Å². The lowest BCUT2D eigenvalue weighted by molar-refractivity contribution is -0.238. The molecule has 3 aliphatic rings. The Kier molecular flexibility index (Phi) is 1.70. The molecule has 6 heteroatoms. The lowest BCUT2D eigenvalue weighted by Gasteiger charge is -2.73. The second-order valence-electron chi connectivity index (χ2n) is 3.89. The number of halogens is 2. The average molecular weight is 239 g/mol. The van der Waals surface area contributed by atoms with Crippen molar-refractivity contribution in [3.8, 4) is 0 Å². The Hall–Kier alpha value is -0.480. The van der Waals surface area contributed by atoms with Crippen LogP contribution in [-0.4, -0.2) is 28.5 Å². The largest absolute Gasteiger partial charge is 0.481 e. The molecule has 1 N–H and O–H groups in total. The molecular formula is C8H8Cl2O4. The van der Waals surface area contributed by atoms with Gasteiger partial charge in [0, 0.05) is 0 Å². The first-order valence-electron chi connectivity index (χ1n) is 4.04. The molecule has 2 bridgehead atoms. The number of carboxylic acid groups (broad SMARTS) is 1. The number of rotatable bonds is 2. The fourth-order valence-electron chi connectivity index (χ4n) is 2.42. The number of alkyl halides is 2. The molecule has 3 saturated carbocycles. The number of methoxy groups -OCH3 is 1. The predicted molar refractivity (Wildman–Crippen MR) is 48.2 cm³/mol. The molecule has 0 atom stereocenters. The minimum Gasteiger partial charge on any atom is -0.481 e. The molecule has 0 aromatic heterocycles. The van der Waals surface area contributed by atoms with E-state index in [0.29, 0.717) is 0 Å². The van der Waals surface area contributed by atoms with Gasteiger partial charge in [-0.05, 0) is 12.8 Å². The summed E-state index contributed by atoms with van der Waals surface area (Å²) in [6, 6.07) is 0. The number of carbonyl (C=O) groups is 2. The lowest BCUT2D eigenvalue weighted by atomic mass is 9.34. The first-order chi connectivity index (χ1) is 6.34. The van der Waals surface area contributed by atoms with Gasteiger partial charge in [-0.1, -0.05) is 23.2 Å². The van der Waals surface area contributed by atoms with Crippen LogP contribution in [0.5, 0.6) is 0 Å². The third kappa shape index (κ3) is 0.673. The Morgan fingerprint density at radius 1 is 1.29 bits per heavy atom. The summed E-state index contributed by atoms with van der Waals surface area (Å²) in [5, 5.41) is 8.91. The molecule has 4 nitrogen and oxygen atoms in total. The molecule has 0 spiro atoms. The number of hydrogen-bond donors (Lipinski definition) is 1. The van der Waals surface area contributed by atoms with E-state index in [1.165, 1.54) is 7.11 Å². The van der Waals surface area contributed by atoms with Crippen LogP contribution in [0.4, 0.5) is 0 Å². The van der Waals surface area contributed by atoms with E-state index in [1.54, 1.807) is 0 Å². The zero-order valence-electron chi connectivity index (χ0n) is 7.34. The Morgan fingerprint density at radius 2 is 1.79 bits per heavy atom. The van der Waals surface area contributed by atoms with Gasteiger partial charge in [-0.2, -0.15) is 0 Å². The van der Waals surface area contributed by atoms with Crippen molar-refractivity contribution >= 4 is 35.1 Å². The van der Waals surface area contributed by atoms with Gasteiger partial charge in [0.2, 0.25) is 0 Å². The number of esters is 1. The van der Waals surface area contributed by atoms with Crippen molar-refractivity contribution in [3.63, 3.8) is 0 Å². The number of carbonyl (C=O) groups excluding carboxylic acids is 1. The van der Waals surface area contributed by atoms with E-state index in [4.69, 9.17) is 28.3 Å². The summed E-state index contributed by atoms with van der Waals surface area (Å²) >= 11 is 11.7. The second kappa shape index (κ2) is 2.36. The first-order valence-corrected chi connectivity index (χ1v) is 4.79. The zero-order valence-corrected chi connectivity index (χ0v) is 8.85. The first kappa shape index (κ1) is 10.1. The van der Waals surface area contributed by atoms with Crippen LogP contribution in [0.3, 0.4) is 0 Å². The monoisotopic (exact) mass is 238 g/mol. The van der Waals surface area contributed by atoms with Gasteiger partial charge in [0.25, 0.3) is 0 Å². The molecule has 0 saturated heterocycles. The van der Waals surface area contributed by atoms with E-state index in [2.05, 4.69) is 4.74 Å². The normalized spacial score (nSPS) is 41.9. The van der Waals surface area contributed by atoms with Crippen molar-refractivity contribution in [2.75, 3.05) is 7.11 Å². The molecule has 78 valence electrons. The minimum atomic E-state index is -1.51. The van der Waals surface area contributed by atoms with Crippen molar-refractivity contribution in [2.45, 2.75) is 17.2 Å². The van der Waals surface area contributed by atoms with Crippen molar-refractivity contribution in [3.05, 3.63) is 0 Å². The van der Waals surface area contributed by atoms with Gasteiger partial charge in [0.05, 0.1) is 7.11 Å². The number of aliphatic carboxylic acids is 1. The fraction of sp³-hybridized carbons (Fsp3) is 0.750. The highest BCUT2D eigenvalue weighted by molar-refractivity contribution is 6.54. The summed E-state index contributed by atoms with van der Waals surface area (Å²) in [7, 11) is 1.24. The number of carboxylic acids is 1. The molecule has 0 aromatic rings. The highest BCUT2D eigenvalue weighted by atomic mass is 35.5. The molecule has 0 aliphatic heterocycles. The van der Waals surface area contributed by atoms with Crippen LogP contribution in [-0.2, 0) is 14.3 Å². The number of hydrogen-bond acceptors (Lipinski definition) is 3. The maximum Gasteiger partial charge on any atom is 0.314 e. The molecule has 3 aliphatic carbocycles. The maximum atomic E-state index is 11.4. The molecular weight excluding hydrogens is 231 g/mol. The zero-order chi connectivity index (χ0) is 10.8. The lowest BCUT2D eigenvalue weighted by Crippen LogP contribution is -2.83. The Labute approximate surface area is 90.1 Å². The van der Waals surface area contributed by atoms with Crippen molar-refractivity contribution < 1.29 is 19.4 Å². The van der Waals surface area contributed by atoms with E-state index in [-0.39, 0.29) is 12.8 Å². The van der Waals surface area contributed by atoms with Crippen molar-refractivity contribution in [2.24, 2.45) is 10.8 Å². The van der Waals surface area contributed by atoms with Crippen LogP contribution in [0.15, 0.2) is 0 Å². The molecule has 0 heterocycles. The summed E-state index contributed by atoms with van der Waals surface area (Å²) in [6.07, 6.45) is 0.351. The fourth-order valence-corrected chi connectivity index (χ4v) is 3.27. The van der Waals surface area contributed by atoms with Crippen LogP contribution < -0.4 is 0 Å². The molecule has 0 unspecified atom stereocenters. The molecule has 3 fully saturated rings. The minimum absolute atomic E-state index is 0.176. The second-order valence-corrected chi connectivity index (χ2v) is 5.22. The molecule has 14 heavy (non-hydrogen) atoms. The summed E-state index contributed by atoms with van der Waals surface area (Å²) in [4.78, 5) is 22.2. The van der Waals surface area contributed by atoms with Gasteiger partial charge in [-0.25, -0.2) is 0 Å². The third-order valence-corrected chi connectivity index (χ3v) is 4.84. The summed E-state index contributed by atoms with van der Waals surface area (Å²) < 4.78 is 3.04. The van der Waals surface area contributed by atoms with Gasteiger partial charge in [0.1, 0.15) is 10.8 Å². The molecule has 0 aromatic carbocycles. The highest BCUT2D eigenvalue weighted by Crippen LogP contribution is 2.83.